The van der Waals surface area contributed by atoms with Gasteiger partial charge in [0, 0.05) is 36.7 Å². The zero-order valence-corrected chi connectivity index (χ0v) is 24.1. The lowest BCUT2D eigenvalue weighted by molar-refractivity contribution is -0.116. The van der Waals surface area contributed by atoms with Gasteiger partial charge in [-0.15, -0.1) is 0 Å². The first-order valence-electron chi connectivity index (χ1n) is 9.72. The highest BCUT2D eigenvalue weighted by molar-refractivity contribution is 14.1. The van der Waals surface area contributed by atoms with Gasteiger partial charge in [-0.05, 0) is 74.2 Å². The predicted molar refractivity (Wildman–Crippen MR) is 145 cm³/mol. The molecule has 0 saturated carbocycles. The van der Waals surface area contributed by atoms with Crippen LogP contribution in [-0.2, 0) is 4.79 Å². The van der Waals surface area contributed by atoms with Gasteiger partial charge in [-0.3, -0.25) is 14.4 Å². The second-order valence-corrected chi connectivity index (χ2v) is 10.2. The van der Waals surface area contributed by atoms with Crippen molar-refractivity contribution >= 4 is 91.2 Å². The fourth-order valence-electron chi connectivity index (χ4n) is 2.61. The molecule has 33 heavy (non-hydrogen) atoms. The maximum Gasteiger partial charge on any atom is 0.255 e. The van der Waals surface area contributed by atoms with E-state index in [1.54, 1.807) is 0 Å². The van der Waals surface area contributed by atoms with Gasteiger partial charge in [0.1, 0.15) is 0 Å². The second-order valence-electron chi connectivity index (χ2n) is 7.01. The van der Waals surface area contributed by atoms with Crippen molar-refractivity contribution in [3.63, 3.8) is 0 Å². The van der Waals surface area contributed by atoms with Crippen LogP contribution in [0, 0.1) is 10.7 Å². The van der Waals surface area contributed by atoms with Gasteiger partial charge in [-0.2, -0.15) is 0 Å². The van der Waals surface area contributed by atoms with E-state index in [4.69, 9.17) is 15.3 Å². The Labute approximate surface area is 231 Å². The highest BCUT2D eigenvalue weighted by atomic mass is 127. The second kappa shape index (κ2) is 14.9. The van der Waals surface area contributed by atoms with Crippen molar-refractivity contribution in [1.82, 2.24) is 10.2 Å². The zero-order valence-electron chi connectivity index (χ0n) is 17.6. The van der Waals surface area contributed by atoms with Crippen LogP contribution in [0.25, 0.3) is 0 Å². The molecule has 2 unspecified atom stereocenters. The number of carbonyl (C=O) groups excluding carboxylic acids is 3. The Kier molecular flexibility index (Phi) is 13.8. The Balaban J connectivity index is 3.55. The van der Waals surface area contributed by atoms with Gasteiger partial charge < -0.3 is 41.1 Å². The molecule has 14 heteroatoms. The lowest BCUT2D eigenvalue weighted by Crippen LogP contribution is -2.38. The van der Waals surface area contributed by atoms with E-state index in [1.807, 2.05) is 67.8 Å². The van der Waals surface area contributed by atoms with Crippen molar-refractivity contribution in [3.05, 3.63) is 21.8 Å². The molecule has 3 amide bonds. The Morgan fingerprint density at radius 1 is 0.939 bits per heavy atom. The van der Waals surface area contributed by atoms with Gasteiger partial charge in [-0.25, -0.2) is 0 Å². The SMILES string of the molecule is CN(CC(O)CO)C(=O)c1c(I)c(NC(=O)CCCO)c(I)c(C(=O)NCC(O)CO)c1I. The molecule has 1 aromatic rings. The summed E-state index contributed by atoms with van der Waals surface area (Å²) in [6, 6.07) is 0. The van der Waals surface area contributed by atoms with Gasteiger partial charge in [-0.1, -0.05) is 0 Å². The molecule has 0 aliphatic heterocycles. The molecule has 0 aliphatic rings. The monoisotopic (exact) mass is 805 g/mol. The average molecular weight is 805 g/mol. The number of nitrogens with zero attached hydrogens (tertiary/aromatic N) is 1. The smallest absolute Gasteiger partial charge is 0.255 e. The van der Waals surface area contributed by atoms with Gasteiger partial charge in [0.2, 0.25) is 5.91 Å². The molecule has 2 atom stereocenters. The third-order valence-corrected chi connectivity index (χ3v) is 7.57. The summed E-state index contributed by atoms with van der Waals surface area (Å²) in [5.74, 6) is -1.57. The number of anilines is 1. The van der Waals surface area contributed by atoms with Crippen LogP contribution in [0.4, 0.5) is 5.69 Å². The van der Waals surface area contributed by atoms with Crippen LogP contribution in [-0.4, -0.2) is 100 Å². The van der Waals surface area contributed by atoms with Crippen LogP contribution in [0.1, 0.15) is 33.6 Å². The third-order valence-electron chi connectivity index (χ3n) is 4.34. The summed E-state index contributed by atoms with van der Waals surface area (Å²) in [6.45, 7) is -1.63. The number of benzene rings is 1. The lowest BCUT2D eigenvalue weighted by Gasteiger charge is -2.24. The first-order chi connectivity index (χ1) is 15.5. The topological polar surface area (TPSA) is 180 Å². The summed E-state index contributed by atoms with van der Waals surface area (Å²) < 4.78 is 1.03. The minimum Gasteiger partial charge on any atom is -0.396 e. The van der Waals surface area contributed by atoms with E-state index in [0.29, 0.717) is 10.7 Å². The van der Waals surface area contributed by atoms with Gasteiger partial charge in [0.25, 0.3) is 11.8 Å². The van der Waals surface area contributed by atoms with E-state index in [0.717, 1.165) is 0 Å². The van der Waals surface area contributed by atoms with Gasteiger partial charge in [0.05, 0.1) is 49.4 Å². The summed E-state index contributed by atoms with van der Waals surface area (Å²) in [6.07, 6.45) is -2.05. The molecule has 0 bridgehead atoms. The van der Waals surface area contributed by atoms with Crippen molar-refractivity contribution in [1.29, 1.82) is 0 Å². The molecule has 7 N–H and O–H groups in total. The summed E-state index contributed by atoms with van der Waals surface area (Å²) >= 11 is 5.63. The van der Waals surface area contributed by atoms with Crippen molar-refractivity contribution in [2.75, 3.05) is 45.3 Å². The number of carbonyl (C=O) groups is 3. The molecule has 0 aliphatic carbocycles. The highest BCUT2D eigenvalue weighted by Crippen LogP contribution is 2.36. The summed E-state index contributed by atoms with van der Waals surface area (Å²) in [5.41, 5.74) is 0.458. The van der Waals surface area contributed by atoms with Crippen molar-refractivity contribution in [3.8, 4) is 0 Å². The molecule has 0 radical (unpaired) electrons. The molecule has 0 fully saturated rings. The van der Waals surface area contributed by atoms with Gasteiger partial charge in [0.15, 0.2) is 0 Å². The number of rotatable bonds is 12. The number of hydrogen-bond acceptors (Lipinski definition) is 8. The summed E-state index contributed by atoms with van der Waals surface area (Å²) in [5, 5.41) is 51.5. The molecule has 0 heterocycles. The molecule has 186 valence electrons. The first kappa shape index (κ1) is 30.7. The van der Waals surface area contributed by atoms with Crippen LogP contribution in [0.3, 0.4) is 0 Å². The van der Waals surface area contributed by atoms with Crippen LogP contribution in [0.15, 0.2) is 0 Å². The lowest BCUT2D eigenvalue weighted by atomic mass is 10.1. The normalized spacial score (nSPS) is 12.8. The van der Waals surface area contributed by atoms with Crippen molar-refractivity contribution in [2.24, 2.45) is 0 Å². The number of nitrogens with one attached hydrogen (secondary N) is 2. The Morgan fingerprint density at radius 2 is 1.52 bits per heavy atom. The number of likely N-dealkylation sites (N-methyl/N-ethyl adjacent to an activating group) is 1. The van der Waals surface area contributed by atoms with Crippen LogP contribution in [0.5, 0.6) is 0 Å². The van der Waals surface area contributed by atoms with E-state index in [9.17, 15) is 24.6 Å². The van der Waals surface area contributed by atoms with E-state index >= 15 is 0 Å². The fourth-order valence-corrected chi connectivity index (χ4v) is 7.00. The quantitative estimate of drug-likeness (QED) is 0.141. The van der Waals surface area contributed by atoms with Crippen LogP contribution >= 0.6 is 67.8 Å². The zero-order chi connectivity index (χ0) is 25.3. The Bertz CT molecular complexity index is 871. The molecular weight excluding hydrogens is 779 g/mol. The third kappa shape index (κ3) is 8.65. The molecule has 0 saturated heterocycles. The summed E-state index contributed by atoms with van der Waals surface area (Å²) in [7, 11) is 1.43. The van der Waals surface area contributed by atoms with Crippen molar-refractivity contribution < 1.29 is 39.9 Å². The molecule has 11 nitrogen and oxygen atoms in total. The number of aliphatic hydroxyl groups is 5. The highest BCUT2D eigenvalue weighted by Gasteiger charge is 2.30. The van der Waals surface area contributed by atoms with E-state index in [2.05, 4.69) is 10.6 Å². The van der Waals surface area contributed by atoms with Gasteiger partial charge >= 0.3 is 0 Å². The number of aliphatic hydroxyl groups excluding tert-OH is 5. The van der Waals surface area contributed by atoms with Crippen LogP contribution in [0.2, 0.25) is 0 Å². The maximum absolute atomic E-state index is 13.2. The molecule has 1 rings (SSSR count). The van der Waals surface area contributed by atoms with Crippen molar-refractivity contribution in [2.45, 2.75) is 25.0 Å². The molecule has 0 aromatic heterocycles. The summed E-state index contributed by atoms with van der Waals surface area (Å²) in [4.78, 5) is 39.7. The molecule has 0 spiro atoms. The number of amides is 3. The van der Waals surface area contributed by atoms with E-state index in [-0.39, 0.29) is 49.4 Å². The van der Waals surface area contributed by atoms with E-state index < -0.39 is 43.1 Å². The number of hydrogen-bond donors (Lipinski definition) is 7. The maximum atomic E-state index is 13.2. The van der Waals surface area contributed by atoms with Crippen LogP contribution < -0.4 is 10.6 Å². The van der Waals surface area contributed by atoms with E-state index in [1.165, 1.54) is 11.9 Å². The largest absolute Gasteiger partial charge is 0.396 e. The Morgan fingerprint density at radius 3 is 2.06 bits per heavy atom. The Hall–Kier alpha value is -0.380. The standard InChI is InChI=1S/C19H26I3N3O8/c1-25(6-10(30)8-28)19(33)13-14(20)12(18(32)23-5-9(29)7-27)15(21)17(16(13)22)24-11(31)3-2-4-26/h9-10,26-30H,2-8H2,1H3,(H,23,32)(H,24,31). The average Bonchev–Trinajstić information content (AvgIpc) is 2.78. The molecular formula is C19H26I3N3O8. The minimum atomic E-state index is -1.17. The number of halogens is 3. The first-order valence-corrected chi connectivity index (χ1v) is 13.0. The predicted octanol–water partition coefficient (Wildman–Crippen LogP) is -0.280. The minimum absolute atomic E-state index is 0.0325. The fraction of sp³-hybridized carbons (Fsp3) is 0.526. The molecule has 1 aromatic carbocycles.